The molecule has 0 bridgehead atoms. The van der Waals surface area contributed by atoms with E-state index in [0.717, 1.165) is 16.5 Å². The maximum Gasteiger partial charge on any atom is 0.227 e. The van der Waals surface area contributed by atoms with E-state index in [4.69, 9.17) is 21.1 Å². The normalized spacial score (nSPS) is 13.0. The molecule has 1 unspecified atom stereocenters. The number of nitrogens with one attached hydrogen (secondary N) is 2. The van der Waals surface area contributed by atoms with Gasteiger partial charge in [0.1, 0.15) is 5.75 Å². The summed E-state index contributed by atoms with van der Waals surface area (Å²) in [6, 6.07) is 14.5. The Hall–Kier alpha value is -3.23. The lowest BCUT2D eigenvalue weighted by atomic mass is 10.1. The number of nitrogens with zero attached hydrogens (tertiary/aromatic N) is 3. The van der Waals surface area contributed by atoms with E-state index in [2.05, 4.69) is 20.3 Å². The third-order valence-electron chi connectivity index (χ3n) is 4.52. The summed E-state index contributed by atoms with van der Waals surface area (Å²) in [6.07, 6.45) is 4.61. The zero-order chi connectivity index (χ0) is 21.3. The largest absolute Gasteiger partial charge is 0.495 e. The minimum Gasteiger partial charge on any atom is -0.495 e. The number of hydrogen-bond acceptors (Lipinski definition) is 7. The lowest BCUT2D eigenvalue weighted by Gasteiger charge is -2.13. The van der Waals surface area contributed by atoms with Crippen LogP contribution in [-0.4, -0.2) is 32.5 Å². The van der Waals surface area contributed by atoms with Crippen molar-refractivity contribution < 1.29 is 8.95 Å². The Morgan fingerprint density at radius 2 is 1.93 bits per heavy atom. The van der Waals surface area contributed by atoms with Crippen molar-refractivity contribution in [1.29, 1.82) is 4.78 Å². The molecule has 2 aromatic carbocycles. The number of fused-ring (bicyclic) bond motifs is 1. The van der Waals surface area contributed by atoms with Crippen molar-refractivity contribution in [3.05, 3.63) is 65.9 Å². The Morgan fingerprint density at radius 1 is 1.13 bits per heavy atom. The second kappa shape index (κ2) is 7.89. The molecule has 0 aliphatic carbocycles. The van der Waals surface area contributed by atoms with Crippen molar-refractivity contribution in [3.8, 4) is 17.0 Å². The number of ether oxygens (including phenoxy) is 1. The molecule has 9 heteroatoms. The highest BCUT2D eigenvalue weighted by atomic mass is 35.5. The average Bonchev–Trinajstić information content (AvgIpc) is 2.74. The molecule has 0 saturated carbocycles. The van der Waals surface area contributed by atoms with E-state index in [0.29, 0.717) is 33.0 Å². The maximum absolute atomic E-state index is 12.0. The van der Waals surface area contributed by atoms with Crippen LogP contribution in [0.2, 0.25) is 5.02 Å². The van der Waals surface area contributed by atoms with Gasteiger partial charge in [0.25, 0.3) is 0 Å². The number of pyridine rings is 1. The minimum atomic E-state index is -2.86. The second-order valence-electron chi connectivity index (χ2n) is 6.60. The topological polar surface area (TPSA) is 101 Å². The van der Waals surface area contributed by atoms with Crippen molar-refractivity contribution >= 4 is 43.9 Å². The van der Waals surface area contributed by atoms with Gasteiger partial charge >= 0.3 is 0 Å². The molecule has 0 radical (unpaired) electrons. The number of methoxy groups -OCH3 is 1. The fourth-order valence-corrected chi connectivity index (χ4v) is 3.91. The van der Waals surface area contributed by atoms with Crippen LogP contribution in [0.5, 0.6) is 5.75 Å². The third kappa shape index (κ3) is 3.92. The van der Waals surface area contributed by atoms with Gasteiger partial charge in [-0.1, -0.05) is 29.8 Å². The molecule has 152 valence electrons. The molecule has 4 aromatic rings. The Bertz CT molecular complexity index is 1350. The van der Waals surface area contributed by atoms with Crippen LogP contribution in [0.4, 0.5) is 11.6 Å². The van der Waals surface area contributed by atoms with Gasteiger partial charge in [-0.3, -0.25) is 4.98 Å². The van der Waals surface area contributed by atoms with Crippen molar-refractivity contribution in [2.24, 2.45) is 0 Å². The van der Waals surface area contributed by atoms with Crippen LogP contribution in [-0.2, 0) is 9.73 Å². The number of hydrogen-bond donors (Lipinski definition) is 2. The van der Waals surface area contributed by atoms with Gasteiger partial charge in [0.2, 0.25) is 5.95 Å². The lowest BCUT2D eigenvalue weighted by Crippen LogP contribution is -2.02. The zero-order valence-electron chi connectivity index (χ0n) is 16.2. The first-order chi connectivity index (χ1) is 14.4. The second-order valence-corrected chi connectivity index (χ2v) is 9.16. The fraction of sp³-hybridized carbons (Fsp3) is 0.0952. The van der Waals surface area contributed by atoms with Crippen molar-refractivity contribution in [1.82, 2.24) is 15.0 Å². The lowest BCUT2D eigenvalue weighted by molar-refractivity contribution is 0.415. The zero-order valence-corrected chi connectivity index (χ0v) is 17.8. The van der Waals surface area contributed by atoms with Gasteiger partial charge in [-0.25, -0.2) is 19.0 Å². The van der Waals surface area contributed by atoms with Crippen molar-refractivity contribution in [2.45, 2.75) is 4.90 Å². The first-order valence-electron chi connectivity index (χ1n) is 8.92. The van der Waals surface area contributed by atoms with E-state index in [1.54, 1.807) is 24.4 Å². The molecular weight excluding hydrogens is 422 g/mol. The summed E-state index contributed by atoms with van der Waals surface area (Å²) in [5.74, 6) is 0.758. The average molecular weight is 440 g/mol. The van der Waals surface area contributed by atoms with Crippen LogP contribution in [0.3, 0.4) is 0 Å². The van der Waals surface area contributed by atoms with Gasteiger partial charge in [-0.2, -0.15) is 0 Å². The van der Waals surface area contributed by atoms with Gasteiger partial charge in [0.15, 0.2) is 0 Å². The quantitative estimate of drug-likeness (QED) is 0.447. The van der Waals surface area contributed by atoms with Crippen LogP contribution >= 0.6 is 11.6 Å². The summed E-state index contributed by atoms with van der Waals surface area (Å²) < 4.78 is 25.2. The molecule has 0 fully saturated rings. The summed E-state index contributed by atoms with van der Waals surface area (Å²) in [4.78, 5) is 13.6. The van der Waals surface area contributed by atoms with Crippen LogP contribution in [0, 0.1) is 4.78 Å². The number of para-hydroxylation sites is 1. The Kier molecular flexibility index (Phi) is 5.27. The van der Waals surface area contributed by atoms with Crippen LogP contribution < -0.4 is 10.1 Å². The number of aromatic nitrogens is 3. The molecule has 30 heavy (non-hydrogen) atoms. The number of halogens is 1. The summed E-state index contributed by atoms with van der Waals surface area (Å²) in [5.41, 5.74) is 2.84. The predicted octanol–water partition coefficient (Wildman–Crippen LogP) is 5.13. The van der Waals surface area contributed by atoms with Gasteiger partial charge in [0.05, 0.1) is 49.9 Å². The highest BCUT2D eigenvalue weighted by Gasteiger charge is 2.14. The summed E-state index contributed by atoms with van der Waals surface area (Å²) in [5, 5.41) is 4.46. The van der Waals surface area contributed by atoms with Crippen LogP contribution in [0.25, 0.3) is 22.2 Å². The van der Waals surface area contributed by atoms with E-state index in [-0.39, 0.29) is 0 Å². The van der Waals surface area contributed by atoms with Crippen molar-refractivity contribution in [3.63, 3.8) is 0 Å². The fourth-order valence-electron chi connectivity index (χ4n) is 3.06. The van der Waals surface area contributed by atoms with Crippen LogP contribution in [0.1, 0.15) is 0 Å². The first-order valence-corrected chi connectivity index (χ1v) is 11.3. The van der Waals surface area contributed by atoms with Gasteiger partial charge < -0.3 is 10.1 Å². The summed E-state index contributed by atoms with van der Waals surface area (Å²) >= 11 is 6.41. The molecule has 7 nitrogen and oxygen atoms in total. The SMILES string of the molecule is COc1cc(S(C)(=N)=O)ccc1Nc1ncc(Cl)c(-c2ccnc3ccccc23)n1. The minimum absolute atomic E-state index is 0.324. The summed E-state index contributed by atoms with van der Waals surface area (Å²) in [7, 11) is -1.35. The maximum atomic E-state index is 12.0. The molecule has 2 aromatic heterocycles. The van der Waals surface area contributed by atoms with Gasteiger partial charge in [-0.15, -0.1) is 0 Å². The molecule has 4 rings (SSSR count). The Balaban J connectivity index is 1.76. The Labute approximate surface area is 179 Å². The smallest absolute Gasteiger partial charge is 0.227 e. The van der Waals surface area contributed by atoms with Gasteiger partial charge in [-0.05, 0) is 30.3 Å². The molecule has 1 atom stereocenters. The molecule has 0 amide bonds. The highest BCUT2D eigenvalue weighted by molar-refractivity contribution is 7.91. The Morgan fingerprint density at radius 3 is 2.70 bits per heavy atom. The van der Waals surface area contributed by atoms with E-state index in [9.17, 15) is 4.21 Å². The summed E-state index contributed by atoms with van der Waals surface area (Å²) in [6.45, 7) is 0. The number of rotatable bonds is 5. The molecule has 0 spiro atoms. The van der Waals surface area contributed by atoms with E-state index in [1.807, 2.05) is 30.3 Å². The van der Waals surface area contributed by atoms with Gasteiger partial charge in [0, 0.05) is 23.4 Å². The first kappa shape index (κ1) is 20.1. The monoisotopic (exact) mass is 439 g/mol. The van der Waals surface area contributed by atoms with Crippen molar-refractivity contribution in [2.75, 3.05) is 18.7 Å². The number of anilines is 2. The predicted molar refractivity (Wildman–Crippen MR) is 119 cm³/mol. The molecule has 2 N–H and O–H groups in total. The molecular formula is C21H18ClN5O2S. The highest BCUT2D eigenvalue weighted by Crippen LogP contribution is 2.33. The molecule has 0 saturated heterocycles. The molecule has 0 aliphatic rings. The van der Waals surface area contributed by atoms with Crippen LogP contribution in [0.15, 0.2) is 65.8 Å². The van der Waals surface area contributed by atoms with E-state index < -0.39 is 9.73 Å². The van der Waals surface area contributed by atoms with E-state index >= 15 is 0 Å². The third-order valence-corrected chi connectivity index (χ3v) is 5.95. The number of benzene rings is 2. The van der Waals surface area contributed by atoms with E-state index in [1.165, 1.54) is 19.6 Å². The standard InChI is InChI=1S/C21H18ClN5O2S/c1-29-19-11-13(30(2,23)28)7-8-18(19)26-21-25-12-16(22)20(27-21)15-9-10-24-17-6-4-3-5-14(15)17/h3-12,23H,1-2H3,(H,25,26,27). The molecule has 2 heterocycles. The molecule has 0 aliphatic heterocycles.